The van der Waals surface area contributed by atoms with Crippen LogP contribution in [0.1, 0.15) is 27.7 Å². The van der Waals surface area contributed by atoms with Gasteiger partial charge in [-0.15, -0.1) is 11.3 Å². The average molecular weight is 487 g/mol. The normalized spacial score (nSPS) is 17.1. The van der Waals surface area contributed by atoms with E-state index in [9.17, 15) is 0 Å². The van der Waals surface area contributed by atoms with Gasteiger partial charge < -0.3 is 9.31 Å². The van der Waals surface area contributed by atoms with Crippen LogP contribution >= 0.6 is 11.3 Å². The summed E-state index contributed by atoms with van der Waals surface area (Å²) >= 11 is 1.82. The third-order valence-electron chi connectivity index (χ3n) is 7.91. The van der Waals surface area contributed by atoms with Crippen molar-refractivity contribution in [3.63, 3.8) is 0 Å². The number of rotatable bonds is 2. The maximum absolute atomic E-state index is 6.28. The van der Waals surface area contributed by atoms with E-state index in [0.29, 0.717) is 0 Å². The first-order valence-electron chi connectivity index (χ1n) is 12.4. The Balaban J connectivity index is 1.45. The van der Waals surface area contributed by atoms with Crippen molar-refractivity contribution in [2.45, 2.75) is 38.9 Å². The lowest BCUT2D eigenvalue weighted by molar-refractivity contribution is 0.00578. The Morgan fingerprint density at radius 2 is 1.36 bits per heavy atom. The summed E-state index contributed by atoms with van der Waals surface area (Å²) in [5, 5.41) is 6.17. The van der Waals surface area contributed by atoms with E-state index in [-0.39, 0.29) is 18.3 Å². The molecular weight excluding hydrogens is 461 g/mol. The Labute approximate surface area is 214 Å². The summed E-state index contributed by atoms with van der Waals surface area (Å²) < 4.78 is 15.1. The summed E-state index contributed by atoms with van der Waals surface area (Å²) in [6.07, 6.45) is 0. The molecule has 0 unspecified atom stereocenters. The molecule has 0 amide bonds. The predicted molar refractivity (Wildman–Crippen MR) is 153 cm³/mol. The van der Waals surface area contributed by atoms with Crippen molar-refractivity contribution in [3.05, 3.63) is 84.9 Å². The second kappa shape index (κ2) is 7.63. The van der Waals surface area contributed by atoms with E-state index in [2.05, 4.69) is 113 Å². The Morgan fingerprint density at radius 1 is 0.694 bits per heavy atom. The molecule has 0 bridgehead atoms. The summed E-state index contributed by atoms with van der Waals surface area (Å²) in [7, 11) is -0.373. The largest absolute Gasteiger partial charge is 0.494 e. The van der Waals surface area contributed by atoms with Crippen LogP contribution in [0.4, 0.5) is 0 Å². The zero-order chi connectivity index (χ0) is 24.7. The standard InChI is InChI=1S/C31H26BNO2S/c1-30(2)31(3,4)35-32(34-30)21-16-13-20(14-17-21)27-29-26(23-11-7-8-12-25(23)36-29)24-18-15-19-9-5-6-10-22(19)28(24)33-27/h5-18H,1-4H3. The minimum Gasteiger partial charge on any atom is -0.399 e. The molecule has 36 heavy (non-hydrogen) atoms. The molecule has 0 N–H and O–H groups in total. The molecule has 1 fully saturated rings. The topological polar surface area (TPSA) is 31.4 Å². The molecule has 0 radical (unpaired) electrons. The summed E-state index contributed by atoms with van der Waals surface area (Å²) in [6, 6.07) is 30.2. The van der Waals surface area contributed by atoms with E-state index < -0.39 is 0 Å². The van der Waals surface area contributed by atoms with Gasteiger partial charge in [0.1, 0.15) is 0 Å². The van der Waals surface area contributed by atoms with Crippen LogP contribution in [0, 0.1) is 0 Å². The van der Waals surface area contributed by atoms with Gasteiger partial charge in [0.05, 0.1) is 27.1 Å². The average Bonchev–Trinajstić information content (AvgIpc) is 3.37. The Bertz CT molecular complexity index is 1790. The molecule has 3 heterocycles. The Kier molecular flexibility index (Phi) is 4.66. The van der Waals surface area contributed by atoms with Gasteiger partial charge >= 0.3 is 7.12 Å². The van der Waals surface area contributed by atoms with Crippen molar-refractivity contribution >= 4 is 65.8 Å². The molecule has 0 aliphatic carbocycles. The quantitative estimate of drug-likeness (QED) is 0.185. The van der Waals surface area contributed by atoms with Gasteiger partial charge in [-0.2, -0.15) is 0 Å². The van der Waals surface area contributed by atoms with Crippen molar-refractivity contribution in [2.24, 2.45) is 0 Å². The summed E-state index contributed by atoms with van der Waals surface area (Å²) in [5.74, 6) is 0. The first-order chi connectivity index (χ1) is 17.3. The fourth-order valence-corrected chi connectivity index (χ4v) is 6.42. The fraction of sp³-hybridized carbons (Fsp3) is 0.194. The van der Waals surface area contributed by atoms with Crippen LogP contribution in [0.15, 0.2) is 84.9 Å². The molecule has 0 spiro atoms. The first-order valence-corrected chi connectivity index (χ1v) is 13.2. The predicted octanol–water partition coefficient (Wildman–Crippen LogP) is 7.72. The number of benzene rings is 4. The van der Waals surface area contributed by atoms with Crippen LogP contribution in [-0.4, -0.2) is 23.3 Å². The van der Waals surface area contributed by atoms with E-state index in [1.807, 2.05) is 11.3 Å². The molecule has 6 aromatic rings. The molecular formula is C31H26BNO2S. The van der Waals surface area contributed by atoms with Gasteiger partial charge in [-0.1, -0.05) is 78.9 Å². The van der Waals surface area contributed by atoms with Gasteiger partial charge in [-0.3, -0.25) is 0 Å². The van der Waals surface area contributed by atoms with Crippen LogP contribution in [0.2, 0.25) is 0 Å². The number of aromatic nitrogens is 1. The third kappa shape index (κ3) is 3.16. The molecule has 3 nitrogen and oxygen atoms in total. The maximum Gasteiger partial charge on any atom is 0.494 e. The molecule has 1 aliphatic rings. The zero-order valence-corrected chi connectivity index (χ0v) is 21.6. The number of nitrogens with zero attached hydrogens (tertiary/aromatic N) is 1. The maximum atomic E-state index is 6.28. The molecule has 176 valence electrons. The van der Waals surface area contributed by atoms with E-state index in [1.54, 1.807) is 0 Å². The Morgan fingerprint density at radius 3 is 2.11 bits per heavy atom. The smallest absolute Gasteiger partial charge is 0.399 e. The number of hydrogen-bond donors (Lipinski definition) is 0. The van der Waals surface area contributed by atoms with Crippen molar-refractivity contribution in [1.29, 1.82) is 0 Å². The second-order valence-corrected chi connectivity index (χ2v) is 11.7. The lowest BCUT2D eigenvalue weighted by Crippen LogP contribution is -2.41. The van der Waals surface area contributed by atoms with Crippen molar-refractivity contribution in [1.82, 2.24) is 4.98 Å². The second-order valence-electron chi connectivity index (χ2n) is 10.7. The van der Waals surface area contributed by atoms with Crippen LogP contribution in [0.25, 0.3) is 53.1 Å². The molecule has 2 aromatic heterocycles. The minimum atomic E-state index is -0.373. The molecule has 1 saturated heterocycles. The van der Waals surface area contributed by atoms with Gasteiger partial charge in [-0.25, -0.2) is 4.98 Å². The van der Waals surface area contributed by atoms with E-state index in [0.717, 1.165) is 22.2 Å². The van der Waals surface area contributed by atoms with E-state index >= 15 is 0 Å². The van der Waals surface area contributed by atoms with Crippen LogP contribution < -0.4 is 5.46 Å². The molecule has 4 aromatic carbocycles. The highest BCUT2D eigenvalue weighted by Crippen LogP contribution is 2.44. The number of hydrogen-bond acceptors (Lipinski definition) is 4. The van der Waals surface area contributed by atoms with Crippen LogP contribution in [-0.2, 0) is 9.31 Å². The lowest BCUT2D eigenvalue weighted by atomic mass is 9.78. The molecule has 1 aliphatic heterocycles. The lowest BCUT2D eigenvalue weighted by Gasteiger charge is -2.32. The van der Waals surface area contributed by atoms with Crippen molar-refractivity contribution in [3.8, 4) is 11.3 Å². The SMILES string of the molecule is CC1(C)OB(c2ccc(-c3nc4c5ccccc5ccc4c4c3sc3ccccc34)cc2)OC1(C)C. The highest BCUT2D eigenvalue weighted by Gasteiger charge is 2.51. The number of fused-ring (bicyclic) bond motifs is 7. The van der Waals surface area contributed by atoms with Crippen LogP contribution in [0.3, 0.4) is 0 Å². The molecule has 7 rings (SSSR count). The molecule has 0 atom stereocenters. The van der Waals surface area contributed by atoms with Gasteiger partial charge in [0.25, 0.3) is 0 Å². The van der Waals surface area contributed by atoms with E-state index in [1.165, 1.54) is 36.3 Å². The summed E-state index contributed by atoms with van der Waals surface area (Å²) in [5.41, 5.74) is 3.48. The monoisotopic (exact) mass is 487 g/mol. The zero-order valence-electron chi connectivity index (χ0n) is 20.8. The first kappa shape index (κ1) is 22.0. The summed E-state index contributed by atoms with van der Waals surface area (Å²) in [4.78, 5) is 5.32. The highest BCUT2D eigenvalue weighted by atomic mass is 32.1. The van der Waals surface area contributed by atoms with Gasteiger partial charge in [0.15, 0.2) is 0 Å². The van der Waals surface area contributed by atoms with Crippen molar-refractivity contribution < 1.29 is 9.31 Å². The summed E-state index contributed by atoms with van der Waals surface area (Å²) in [6.45, 7) is 8.34. The third-order valence-corrected chi connectivity index (χ3v) is 9.09. The van der Waals surface area contributed by atoms with Crippen LogP contribution in [0.5, 0.6) is 0 Å². The van der Waals surface area contributed by atoms with Gasteiger partial charge in [0, 0.05) is 31.8 Å². The van der Waals surface area contributed by atoms with Gasteiger partial charge in [0.2, 0.25) is 0 Å². The minimum absolute atomic E-state index is 0.361. The van der Waals surface area contributed by atoms with Gasteiger partial charge in [-0.05, 0) is 44.6 Å². The number of thiophene rings is 1. The fourth-order valence-electron chi connectivity index (χ4n) is 5.19. The molecule has 5 heteroatoms. The number of pyridine rings is 1. The molecule has 0 saturated carbocycles. The van der Waals surface area contributed by atoms with Crippen molar-refractivity contribution in [2.75, 3.05) is 0 Å². The van der Waals surface area contributed by atoms with E-state index in [4.69, 9.17) is 14.3 Å². The Hall–Kier alpha value is -3.25. The highest BCUT2D eigenvalue weighted by molar-refractivity contribution is 7.26.